The molecule has 0 saturated heterocycles. The van der Waals surface area contributed by atoms with Gasteiger partial charge in [0.2, 0.25) is 0 Å². The molecule has 136 valence electrons. The third-order valence-corrected chi connectivity index (χ3v) is 4.48. The number of hydrogen-bond donors (Lipinski definition) is 1. The van der Waals surface area contributed by atoms with Gasteiger partial charge in [-0.15, -0.1) is 11.8 Å². The van der Waals surface area contributed by atoms with Crippen LogP contribution in [0.5, 0.6) is 11.5 Å². The van der Waals surface area contributed by atoms with E-state index in [1.807, 2.05) is 24.5 Å². The van der Waals surface area contributed by atoms with E-state index in [1.165, 1.54) is 23.9 Å². The second-order valence-corrected chi connectivity index (χ2v) is 6.39. The van der Waals surface area contributed by atoms with Gasteiger partial charge in [0.25, 0.3) is 11.6 Å². The number of ether oxygens (including phenoxy) is 1. The van der Waals surface area contributed by atoms with E-state index in [1.54, 1.807) is 42.5 Å². The predicted octanol–water partition coefficient (Wildman–Crippen LogP) is 5.36. The molecule has 0 atom stereocenters. The summed E-state index contributed by atoms with van der Waals surface area (Å²) in [4.78, 5) is 24.2. The molecule has 1 N–H and O–H groups in total. The zero-order valence-electron chi connectivity index (χ0n) is 14.4. The summed E-state index contributed by atoms with van der Waals surface area (Å²) in [6.45, 7) is 0. The Hall–Kier alpha value is -3.32. The van der Waals surface area contributed by atoms with Crippen LogP contribution in [0.15, 0.2) is 77.7 Å². The van der Waals surface area contributed by atoms with Crippen LogP contribution in [-0.4, -0.2) is 17.1 Å². The number of nitro groups is 1. The smallest absolute Gasteiger partial charge is 0.282 e. The fraction of sp³-hybridized carbons (Fsp3) is 0.0500. The van der Waals surface area contributed by atoms with E-state index in [0.29, 0.717) is 17.2 Å². The molecule has 6 nitrogen and oxygen atoms in total. The summed E-state index contributed by atoms with van der Waals surface area (Å²) in [5, 5.41) is 14.0. The second-order valence-electron chi connectivity index (χ2n) is 5.51. The Morgan fingerprint density at radius 2 is 1.74 bits per heavy atom. The third kappa shape index (κ3) is 4.45. The quantitative estimate of drug-likeness (QED) is 0.354. The standard InChI is InChI=1S/C20H16N2O4S/c1-27-15-11-12-18(22(24)25)16(13-15)20(23)21-17-9-5-6-10-19(17)26-14-7-3-2-4-8-14/h2-13H,1H3,(H,21,23). The number of rotatable bonds is 6. The molecule has 3 aromatic rings. The minimum absolute atomic E-state index is 0.00126. The largest absolute Gasteiger partial charge is 0.455 e. The Morgan fingerprint density at radius 1 is 1.04 bits per heavy atom. The van der Waals surface area contributed by atoms with Crippen molar-refractivity contribution in [3.05, 3.63) is 88.5 Å². The van der Waals surface area contributed by atoms with Crippen molar-refractivity contribution in [1.29, 1.82) is 0 Å². The molecule has 0 bridgehead atoms. The molecule has 0 spiro atoms. The summed E-state index contributed by atoms with van der Waals surface area (Å²) in [5.41, 5.74) is 0.184. The number of nitrogens with one attached hydrogen (secondary N) is 1. The molecule has 7 heteroatoms. The van der Waals surface area contributed by atoms with Gasteiger partial charge in [0.1, 0.15) is 11.3 Å². The predicted molar refractivity (Wildman–Crippen MR) is 106 cm³/mol. The lowest BCUT2D eigenvalue weighted by molar-refractivity contribution is -0.385. The van der Waals surface area contributed by atoms with E-state index in [4.69, 9.17) is 4.74 Å². The molecule has 0 saturated carbocycles. The summed E-state index contributed by atoms with van der Waals surface area (Å²) in [6, 6.07) is 20.6. The fourth-order valence-electron chi connectivity index (χ4n) is 2.45. The normalized spacial score (nSPS) is 10.3. The molecule has 3 aromatic carbocycles. The number of thioether (sulfide) groups is 1. The van der Waals surface area contributed by atoms with Gasteiger partial charge in [-0.2, -0.15) is 0 Å². The Kier molecular flexibility index (Phi) is 5.73. The zero-order chi connectivity index (χ0) is 19.2. The van der Waals surface area contributed by atoms with Crippen LogP contribution >= 0.6 is 11.8 Å². The van der Waals surface area contributed by atoms with Crippen LogP contribution in [0.4, 0.5) is 11.4 Å². The van der Waals surface area contributed by atoms with Crippen LogP contribution in [0.3, 0.4) is 0 Å². The van der Waals surface area contributed by atoms with E-state index < -0.39 is 10.8 Å². The maximum absolute atomic E-state index is 12.7. The third-order valence-electron chi connectivity index (χ3n) is 3.75. The van der Waals surface area contributed by atoms with E-state index in [9.17, 15) is 14.9 Å². The number of carbonyl (C=O) groups is 1. The second kappa shape index (κ2) is 8.37. The maximum Gasteiger partial charge on any atom is 0.282 e. The zero-order valence-corrected chi connectivity index (χ0v) is 15.2. The lowest BCUT2D eigenvalue weighted by Crippen LogP contribution is -2.14. The van der Waals surface area contributed by atoms with Crippen molar-refractivity contribution in [3.63, 3.8) is 0 Å². The van der Waals surface area contributed by atoms with Crippen molar-refractivity contribution in [3.8, 4) is 11.5 Å². The Balaban J connectivity index is 1.90. The van der Waals surface area contributed by atoms with Gasteiger partial charge in [-0.25, -0.2) is 0 Å². The van der Waals surface area contributed by atoms with Crippen LogP contribution < -0.4 is 10.1 Å². The average molecular weight is 380 g/mol. The number of carbonyl (C=O) groups excluding carboxylic acids is 1. The number of anilines is 1. The molecule has 27 heavy (non-hydrogen) atoms. The van der Waals surface area contributed by atoms with Crippen molar-refractivity contribution in [1.82, 2.24) is 0 Å². The van der Waals surface area contributed by atoms with Crippen molar-refractivity contribution in [2.45, 2.75) is 4.90 Å². The molecule has 3 rings (SSSR count). The van der Waals surface area contributed by atoms with E-state index in [0.717, 1.165) is 4.90 Å². The van der Waals surface area contributed by atoms with Crippen molar-refractivity contribution >= 4 is 29.0 Å². The van der Waals surface area contributed by atoms with Crippen LogP contribution in [-0.2, 0) is 0 Å². The Bertz CT molecular complexity index is 977. The highest BCUT2D eigenvalue weighted by molar-refractivity contribution is 7.98. The highest BCUT2D eigenvalue weighted by Crippen LogP contribution is 2.31. The molecule has 0 aliphatic rings. The average Bonchev–Trinajstić information content (AvgIpc) is 2.69. The fourth-order valence-corrected chi connectivity index (χ4v) is 2.89. The first-order chi connectivity index (χ1) is 13.1. The monoisotopic (exact) mass is 380 g/mol. The minimum atomic E-state index is -0.568. The highest BCUT2D eigenvalue weighted by atomic mass is 32.2. The van der Waals surface area contributed by atoms with Crippen LogP contribution in [0, 0.1) is 10.1 Å². The number of hydrogen-bond acceptors (Lipinski definition) is 5. The van der Waals surface area contributed by atoms with Crippen LogP contribution in [0.1, 0.15) is 10.4 Å². The molecule has 0 aliphatic carbocycles. The van der Waals surface area contributed by atoms with Gasteiger partial charge in [0.15, 0.2) is 5.75 Å². The van der Waals surface area contributed by atoms with Gasteiger partial charge in [-0.05, 0) is 42.7 Å². The molecule has 0 unspecified atom stereocenters. The molecule has 0 heterocycles. The first-order valence-corrected chi connectivity index (χ1v) is 9.26. The summed E-state index contributed by atoms with van der Waals surface area (Å²) in [5.74, 6) is 0.497. The molecule has 0 aromatic heterocycles. The Labute approximate surface area is 160 Å². The summed E-state index contributed by atoms with van der Waals surface area (Å²) >= 11 is 1.40. The maximum atomic E-state index is 12.7. The topological polar surface area (TPSA) is 81.5 Å². The van der Waals surface area contributed by atoms with E-state index >= 15 is 0 Å². The van der Waals surface area contributed by atoms with E-state index in [-0.39, 0.29) is 11.3 Å². The highest BCUT2D eigenvalue weighted by Gasteiger charge is 2.21. The Morgan fingerprint density at radius 3 is 2.44 bits per heavy atom. The first-order valence-electron chi connectivity index (χ1n) is 8.04. The summed E-state index contributed by atoms with van der Waals surface area (Å²) < 4.78 is 5.82. The number of nitro benzene ring substituents is 1. The lowest BCUT2D eigenvalue weighted by atomic mass is 10.1. The minimum Gasteiger partial charge on any atom is -0.455 e. The van der Waals surface area contributed by atoms with Gasteiger partial charge in [-0.3, -0.25) is 14.9 Å². The first kappa shape index (κ1) is 18.5. The van der Waals surface area contributed by atoms with Crippen molar-refractivity contribution < 1.29 is 14.5 Å². The number of benzene rings is 3. The molecular formula is C20H16N2O4S. The molecule has 0 radical (unpaired) electrons. The van der Waals surface area contributed by atoms with Crippen molar-refractivity contribution in [2.75, 3.05) is 11.6 Å². The molecule has 1 amide bonds. The van der Waals surface area contributed by atoms with Gasteiger partial charge >= 0.3 is 0 Å². The molecular weight excluding hydrogens is 364 g/mol. The number of amides is 1. The summed E-state index contributed by atoms with van der Waals surface area (Å²) in [6.07, 6.45) is 1.84. The van der Waals surface area contributed by atoms with Gasteiger partial charge < -0.3 is 10.1 Å². The van der Waals surface area contributed by atoms with Gasteiger partial charge in [0, 0.05) is 11.0 Å². The van der Waals surface area contributed by atoms with Crippen LogP contribution in [0.2, 0.25) is 0 Å². The molecule has 0 fully saturated rings. The van der Waals surface area contributed by atoms with E-state index in [2.05, 4.69) is 5.32 Å². The lowest BCUT2D eigenvalue weighted by Gasteiger charge is -2.12. The summed E-state index contributed by atoms with van der Waals surface area (Å²) in [7, 11) is 0. The van der Waals surface area contributed by atoms with Crippen LogP contribution in [0.25, 0.3) is 0 Å². The number of para-hydroxylation sites is 3. The van der Waals surface area contributed by atoms with Crippen molar-refractivity contribution in [2.24, 2.45) is 0 Å². The molecule has 0 aliphatic heterocycles. The number of nitrogens with zero attached hydrogens (tertiary/aromatic N) is 1. The van der Waals surface area contributed by atoms with Gasteiger partial charge in [0.05, 0.1) is 10.6 Å². The SMILES string of the molecule is CSc1ccc([N+](=O)[O-])c(C(=O)Nc2ccccc2Oc2ccccc2)c1. The van der Waals surface area contributed by atoms with Gasteiger partial charge in [-0.1, -0.05) is 30.3 Å².